The maximum Gasteiger partial charge on any atom is 0.230 e. The summed E-state index contributed by atoms with van der Waals surface area (Å²) in [5.41, 5.74) is 2.11. The van der Waals surface area contributed by atoms with E-state index in [9.17, 15) is 4.79 Å². The van der Waals surface area contributed by atoms with Gasteiger partial charge in [0.2, 0.25) is 5.91 Å². The van der Waals surface area contributed by atoms with E-state index in [2.05, 4.69) is 32.9 Å². The van der Waals surface area contributed by atoms with Crippen LogP contribution in [0.1, 0.15) is 70.3 Å². The first-order valence-corrected chi connectivity index (χ1v) is 10.3. The second kappa shape index (κ2) is 14.7. The first-order valence-electron chi connectivity index (χ1n) is 10.3. The number of unbranched alkanes of at least 4 members (excludes halogenated alkanes) is 7. The van der Waals surface area contributed by atoms with Crippen molar-refractivity contribution < 1.29 is 21.7 Å². The molecule has 0 atom stereocenters. The molecule has 1 aromatic carbocycles. The summed E-state index contributed by atoms with van der Waals surface area (Å²) in [7, 11) is 4.32. The van der Waals surface area contributed by atoms with E-state index >= 15 is 0 Å². The monoisotopic (exact) mass is 394 g/mol. The zero-order chi connectivity index (χ0) is 19.3. The molecule has 1 amide bonds. The van der Waals surface area contributed by atoms with E-state index in [0.717, 1.165) is 22.3 Å². The molecule has 0 aliphatic rings. The highest BCUT2D eigenvalue weighted by molar-refractivity contribution is 5.77. The predicted octanol–water partition coefficient (Wildman–Crippen LogP) is 2.43. The first kappa shape index (κ1) is 25.7. The topological polar surface area (TPSA) is 29.1 Å². The van der Waals surface area contributed by atoms with Crippen molar-refractivity contribution in [3.8, 4) is 0 Å². The van der Waals surface area contributed by atoms with Gasteiger partial charge in [-0.15, -0.1) is 0 Å². The molecule has 154 valence electrons. The SMILES string of the molecule is C=C(CC(=O)NCc1ccccc1)[N+](C)(C)CCCCCCCCCC.[Cl-]. The van der Waals surface area contributed by atoms with Gasteiger partial charge in [-0.2, -0.15) is 0 Å². The summed E-state index contributed by atoms with van der Waals surface area (Å²) in [6, 6.07) is 10.0. The van der Waals surface area contributed by atoms with Crippen LogP contribution in [0.3, 0.4) is 0 Å². The minimum absolute atomic E-state index is 0. The highest BCUT2D eigenvalue weighted by Gasteiger charge is 2.22. The van der Waals surface area contributed by atoms with Gasteiger partial charge in [-0.05, 0) is 25.0 Å². The maximum absolute atomic E-state index is 12.2. The molecule has 0 saturated carbocycles. The van der Waals surface area contributed by atoms with Crippen molar-refractivity contribution in [3.63, 3.8) is 0 Å². The van der Waals surface area contributed by atoms with Gasteiger partial charge in [0.15, 0.2) is 0 Å². The summed E-state index contributed by atoms with van der Waals surface area (Å²) in [4.78, 5) is 12.2. The number of amides is 1. The van der Waals surface area contributed by atoms with Crippen LogP contribution >= 0.6 is 0 Å². The Hall–Kier alpha value is -1.32. The highest BCUT2D eigenvalue weighted by Crippen LogP contribution is 2.16. The Bertz CT molecular complexity index is 528. The molecule has 3 nitrogen and oxygen atoms in total. The van der Waals surface area contributed by atoms with Crippen LogP contribution in [-0.4, -0.2) is 31.0 Å². The van der Waals surface area contributed by atoms with Gasteiger partial charge in [0, 0.05) is 6.54 Å². The molecular formula is C23H39ClN2O. The average Bonchev–Trinajstić information content (AvgIpc) is 2.63. The average molecular weight is 395 g/mol. The molecule has 0 fully saturated rings. The van der Waals surface area contributed by atoms with Crippen LogP contribution in [-0.2, 0) is 11.3 Å². The Morgan fingerprint density at radius 3 is 2.11 bits per heavy atom. The van der Waals surface area contributed by atoms with Gasteiger partial charge in [-0.1, -0.05) is 75.8 Å². The van der Waals surface area contributed by atoms with E-state index in [-0.39, 0.29) is 18.3 Å². The molecule has 0 aliphatic heterocycles. The number of hydrogen-bond acceptors (Lipinski definition) is 1. The van der Waals surface area contributed by atoms with Crippen LogP contribution in [0.2, 0.25) is 0 Å². The lowest BCUT2D eigenvalue weighted by molar-refractivity contribution is -0.853. The minimum atomic E-state index is 0. The molecule has 0 spiro atoms. The van der Waals surface area contributed by atoms with Crippen molar-refractivity contribution in [1.82, 2.24) is 5.32 Å². The Morgan fingerprint density at radius 2 is 1.52 bits per heavy atom. The Morgan fingerprint density at radius 1 is 0.963 bits per heavy atom. The van der Waals surface area contributed by atoms with Gasteiger partial charge in [0.05, 0.1) is 20.6 Å². The van der Waals surface area contributed by atoms with Gasteiger partial charge in [-0.3, -0.25) is 9.28 Å². The number of nitrogens with one attached hydrogen (secondary N) is 1. The molecule has 0 heterocycles. The summed E-state index contributed by atoms with van der Waals surface area (Å²) in [5, 5.41) is 2.99. The van der Waals surface area contributed by atoms with Crippen LogP contribution in [0.15, 0.2) is 42.6 Å². The molecule has 1 N–H and O–H groups in total. The summed E-state index contributed by atoms with van der Waals surface area (Å²) < 4.78 is 0.731. The van der Waals surface area contributed by atoms with Gasteiger partial charge >= 0.3 is 0 Å². The fraction of sp³-hybridized carbons (Fsp3) is 0.609. The van der Waals surface area contributed by atoms with Crippen molar-refractivity contribution in [1.29, 1.82) is 0 Å². The van der Waals surface area contributed by atoms with E-state index in [1.807, 2.05) is 30.3 Å². The molecule has 4 heteroatoms. The molecule has 0 radical (unpaired) electrons. The fourth-order valence-electron chi connectivity index (χ4n) is 3.06. The van der Waals surface area contributed by atoms with Crippen molar-refractivity contribution >= 4 is 5.91 Å². The summed E-state index contributed by atoms with van der Waals surface area (Å²) in [6.45, 7) is 8.08. The Balaban J connectivity index is 0.00000676. The molecule has 0 bridgehead atoms. The molecule has 0 saturated heterocycles. The second-order valence-electron chi connectivity index (χ2n) is 7.89. The molecule has 1 aromatic rings. The summed E-state index contributed by atoms with van der Waals surface area (Å²) >= 11 is 0. The summed E-state index contributed by atoms with van der Waals surface area (Å²) in [5.74, 6) is 0.0565. The van der Waals surface area contributed by atoms with Crippen molar-refractivity contribution in [2.24, 2.45) is 0 Å². The molecule has 27 heavy (non-hydrogen) atoms. The van der Waals surface area contributed by atoms with Crippen LogP contribution in [0.5, 0.6) is 0 Å². The fourth-order valence-corrected chi connectivity index (χ4v) is 3.06. The molecule has 0 aliphatic carbocycles. The largest absolute Gasteiger partial charge is 1.00 e. The first-order chi connectivity index (χ1) is 12.5. The van der Waals surface area contributed by atoms with Gasteiger partial charge < -0.3 is 17.7 Å². The highest BCUT2D eigenvalue weighted by atomic mass is 35.5. The van der Waals surface area contributed by atoms with Crippen LogP contribution in [0, 0.1) is 0 Å². The van der Waals surface area contributed by atoms with E-state index in [4.69, 9.17) is 0 Å². The third-order valence-electron chi connectivity index (χ3n) is 5.12. The molecule has 0 unspecified atom stereocenters. The number of hydrogen-bond donors (Lipinski definition) is 1. The lowest BCUT2D eigenvalue weighted by atomic mass is 10.1. The lowest BCUT2D eigenvalue weighted by Crippen LogP contribution is -3.00. The second-order valence-corrected chi connectivity index (χ2v) is 7.89. The van der Waals surface area contributed by atoms with Gasteiger partial charge in [0.25, 0.3) is 0 Å². The lowest BCUT2D eigenvalue weighted by Gasteiger charge is -2.31. The summed E-state index contributed by atoms with van der Waals surface area (Å²) in [6.07, 6.45) is 11.0. The van der Waals surface area contributed by atoms with Crippen LogP contribution < -0.4 is 17.7 Å². The van der Waals surface area contributed by atoms with Crippen LogP contribution in [0.25, 0.3) is 0 Å². The van der Waals surface area contributed by atoms with E-state index in [1.54, 1.807) is 0 Å². The number of carbonyl (C=O) groups excluding carboxylic acids is 1. The third-order valence-corrected chi connectivity index (χ3v) is 5.12. The zero-order valence-corrected chi connectivity index (χ0v) is 18.4. The number of nitrogens with zero attached hydrogens (tertiary/aromatic N) is 1. The number of halogens is 1. The minimum Gasteiger partial charge on any atom is -1.00 e. The third kappa shape index (κ3) is 11.9. The van der Waals surface area contributed by atoms with Gasteiger partial charge in [-0.25, -0.2) is 0 Å². The zero-order valence-electron chi connectivity index (χ0n) is 17.6. The molecule has 1 rings (SSSR count). The maximum atomic E-state index is 12.2. The van der Waals surface area contributed by atoms with Crippen molar-refractivity contribution in [3.05, 3.63) is 48.2 Å². The number of quaternary nitrogens is 1. The Labute approximate surface area is 173 Å². The number of carbonyl (C=O) groups is 1. The smallest absolute Gasteiger partial charge is 0.230 e. The quantitative estimate of drug-likeness (QED) is 0.381. The van der Waals surface area contributed by atoms with Crippen LogP contribution in [0.4, 0.5) is 0 Å². The van der Waals surface area contributed by atoms with Crippen molar-refractivity contribution in [2.75, 3.05) is 20.6 Å². The Kier molecular flexibility index (Phi) is 14.0. The van der Waals surface area contributed by atoms with E-state index in [0.29, 0.717) is 13.0 Å². The van der Waals surface area contributed by atoms with E-state index in [1.165, 1.54) is 51.4 Å². The predicted molar refractivity (Wildman–Crippen MR) is 112 cm³/mol. The number of rotatable bonds is 14. The number of benzene rings is 1. The normalized spacial score (nSPS) is 10.9. The molecular weight excluding hydrogens is 356 g/mol. The molecule has 0 aromatic heterocycles. The van der Waals surface area contributed by atoms with Gasteiger partial charge in [0.1, 0.15) is 12.1 Å². The van der Waals surface area contributed by atoms with Crippen molar-refractivity contribution in [2.45, 2.75) is 71.3 Å². The van der Waals surface area contributed by atoms with E-state index < -0.39 is 0 Å². The standard InChI is InChI=1S/C23H38N2O.ClH/c1-5-6-7-8-9-10-11-15-18-25(3,4)21(2)19-23(26)24-20-22-16-13-12-14-17-22;/h12-14,16-17H,2,5-11,15,18-20H2,1,3-4H3;1H.